The minimum atomic E-state index is -0.692. The second-order valence-electron chi connectivity index (χ2n) is 8.85. The molecule has 0 amide bonds. The van der Waals surface area contributed by atoms with Gasteiger partial charge in [0.2, 0.25) is 0 Å². The van der Waals surface area contributed by atoms with E-state index in [1.165, 1.54) is 21.1 Å². The molecule has 0 saturated carbocycles. The molecule has 2 aromatic rings. The molecule has 0 unspecified atom stereocenters. The molecule has 0 aliphatic carbocycles. The van der Waals surface area contributed by atoms with Crippen LogP contribution in [-0.4, -0.2) is 43.2 Å². The van der Waals surface area contributed by atoms with E-state index in [4.69, 9.17) is 4.74 Å². The largest absolute Gasteiger partial charge is 0.370 e. The molecule has 8 heteroatoms. The van der Waals surface area contributed by atoms with Gasteiger partial charge in [-0.15, -0.1) is 22.7 Å². The zero-order valence-corrected chi connectivity index (χ0v) is 20.3. The Morgan fingerprint density at radius 3 is 2.58 bits per heavy atom. The minimum Gasteiger partial charge on any atom is -0.370 e. The van der Waals surface area contributed by atoms with Gasteiger partial charge in [-0.05, 0) is 25.1 Å². The number of hydrogen-bond acceptors (Lipinski definition) is 6. The maximum atomic E-state index is 13.3. The fourth-order valence-electron chi connectivity index (χ4n) is 3.54. The predicted octanol–water partition coefficient (Wildman–Crippen LogP) is 0.703. The third kappa shape index (κ3) is 5.80. The summed E-state index contributed by atoms with van der Waals surface area (Å²) in [5, 5.41) is 9.82. The fraction of sp³-hybridized carbons (Fsp3) is 0.522. The van der Waals surface area contributed by atoms with E-state index in [1.54, 1.807) is 36.7 Å². The van der Waals surface area contributed by atoms with Crippen molar-refractivity contribution in [2.45, 2.75) is 40.7 Å². The predicted molar refractivity (Wildman–Crippen MR) is 125 cm³/mol. The van der Waals surface area contributed by atoms with E-state index in [0.717, 1.165) is 44.1 Å². The van der Waals surface area contributed by atoms with Crippen LogP contribution < -0.4 is 19.7 Å². The molecule has 0 aromatic carbocycles. The summed E-state index contributed by atoms with van der Waals surface area (Å²) in [6, 6.07) is 6.10. The lowest BCUT2D eigenvalue weighted by atomic mass is 9.87. The number of quaternary nitrogens is 1. The molecule has 1 saturated heterocycles. The second-order valence-corrected chi connectivity index (χ2v) is 11.2. The first-order valence-corrected chi connectivity index (χ1v) is 12.2. The molecule has 0 bridgehead atoms. The van der Waals surface area contributed by atoms with E-state index in [-0.39, 0.29) is 16.9 Å². The summed E-state index contributed by atoms with van der Waals surface area (Å²) in [5.74, 6) is -0.234. The average Bonchev–Trinajstić information content (AvgIpc) is 3.27. The first kappa shape index (κ1) is 23.6. The molecular weight excluding hydrogens is 430 g/mol. The van der Waals surface area contributed by atoms with Crippen LogP contribution in [0.4, 0.5) is 0 Å². The maximum absolute atomic E-state index is 13.3. The molecule has 1 N–H and O–H groups in total. The zero-order valence-electron chi connectivity index (χ0n) is 18.6. The number of morpholine rings is 1. The van der Waals surface area contributed by atoms with Gasteiger partial charge in [-0.25, -0.2) is 0 Å². The standard InChI is InChI=1S/C23H29N3O3S2/c1-16-6-7-17(30-16)14-19-21(28)26(9-5-8-25-10-12-29-13-11-25)22(31-19)18(15-24)20(27)23(2,3)4/h6-7,14H,5,8-13H2,1-4H3/p+1/b19-14-,22-18-. The number of nitrogens with one attached hydrogen (secondary N) is 1. The van der Waals surface area contributed by atoms with E-state index in [9.17, 15) is 14.9 Å². The monoisotopic (exact) mass is 460 g/mol. The van der Waals surface area contributed by atoms with Crippen LogP contribution in [-0.2, 0) is 16.1 Å². The van der Waals surface area contributed by atoms with Crippen molar-refractivity contribution in [2.24, 2.45) is 5.41 Å². The molecule has 31 heavy (non-hydrogen) atoms. The summed E-state index contributed by atoms with van der Waals surface area (Å²) in [6.45, 7) is 12.3. The quantitative estimate of drug-likeness (QED) is 0.689. The van der Waals surface area contributed by atoms with E-state index < -0.39 is 5.41 Å². The number of aromatic nitrogens is 1. The number of Topliss-reactive ketones (excluding diaryl/α,β-unsaturated/α-hetero) is 1. The highest BCUT2D eigenvalue weighted by molar-refractivity contribution is 7.13. The highest BCUT2D eigenvalue weighted by Crippen LogP contribution is 2.20. The van der Waals surface area contributed by atoms with Crippen molar-refractivity contribution in [3.05, 3.63) is 41.4 Å². The SMILES string of the molecule is Cc1ccc(/C=c2\s/c(=C(/C#N)C(=O)C(C)(C)C)n(CCC[NH+]3CCOCC3)c2=O)s1. The first-order chi connectivity index (χ1) is 14.7. The molecule has 1 aliphatic heterocycles. The van der Waals surface area contributed by atoms with Gasteiger partial charge in [-0.1, -0.05) is 20.8 Å². The number of rotatable bonds is 6. The van der Waals surface area contributed by atoms with Gasteiger partial charge in [-0.2, -0.15) is 5.26 Å². The minimum absolute atomic E-state index is 0.0790. The Hall–Kier alpha value is -2.05. The number of thiazole rings is 1. The Bertz CT molecular complexity index is 1150. The van der Waals surface area contributed by atoms with Gasteiger partial charge in [0.05, 0.1) is 24.3 Å². The van der Waals surface area contributed by atoms with Gasteiger partial charge in [-0.3, -0.25) is 14.2 Å². The Morgan fingerprint density at radius 2 is 2.00 bits per heavy atom. The van der Waals surface area contributed by atoms with Crippen LogP contribution in [0.3, 0.4) is 0 Å². The highest BCUT2D eigenvalue weighted by Gasteiger charge is 2.27. The van der Waals surface area contributed by atoms with Crippen molar-refractivity contribution in [1.82, 2.24) is 4.57 Å². The number of thiophene rings is 1. The molecule has 0 radical (unpaired) electrons. The number of ketones is 1. The molecule has 0 spiro atoms. The van der Waals surface area contributed by atoms with Crippen molar-refractivity contribution in [2.75, 3.05) is 32.8 Å². The van der Waals surface area contributed by atoms with Crippen molar-refractivity contribution in [3.63, 3.8) is 0 Å². The Kier molecular flexibility index (Phi) is 7.65. The number of carbonyl (C=O) groups is 1. The second kappa shape index (κ2) is 10.0. The maximum Gasteiger partial charge on any atom is 0.269 e. The Balaban J connectivity index is 2.05. The van der Waals surface area contributed by atoms with Crippen LogP contribution in [0.25, 0.3) is 11.6 Å². The van der Waals surface area contributed by atoms with Gasteiger partial charge >= 0.3 is 0 Å². The summed E-state index contributed by atoms with van der Waals surface area (Å²) in [5.41, 5.74) is -0.740. The van der Waals surface area contributed by atoms with E-state index in [2.05, 4.69) is 6.07 Å². The summed E-state index contributed by atoms with van der Waals surface area (Å²) in [6.07, 6.45) is 2.67. The van der Waals surface area contributed by atoms with Crippen molar-refractivity contribution in [1.29, 1.82) is 5.26 Å². The van der Waals surface area contributed by atoms with Crippen LogP contribution in [0.15, 0.2) is 16.9 Å². The van der Waals surface area contributed by atoms with Gasteiger partial charge in [0.25, 0.3) is 5.56 Å². The van der Waals surface area contributed by atoms with Crippen LogP contribution in [0.1, 0.15) is 36.9 Å². The number of nitriles is 1. The van der Waals surface area contributed by atoms with Crippen LogP contribution in [0.5, 0.6) is 0 Å². The lowest BCUT2D eigenvalue weighted by Gasteiger charge is -2.23. The number of ether oxygens (including phenoxy) is 1. The molecule has 3 rings (SSSR count). The first-order valence-electron chi connectivity index (χ1n) is 10.6. The highest BCUT2D eigenvalue weighted by atomic mass is 32.1. The number of hydrogen-bond donors (Lipinski definition) is 1. The van der Waals surface area contributed by atoms with Crippen molar-refractivity contribution in [3.8, 4) is 6.07 Å². The van der Waals surface area contributed by atoms with Gasteiger partial charge in [0.15, 0.2) is 5.78 Å². The zero-order chi connectivity index (χ0) is 22.6. The van der Waals surface area contributed by atoms with Gasteiger partial charge in [0, 0.05) is 28.1 Å². The summed E-state index contributed by atoms with van der Waals surface area (Å²) in [4.78, 5) is 29.8. The van der Waals surface area contributed by atoms with E-state index in [1.807, 2.05) is 25.1 Å². The van der Waals surface area contributed by atoms with Crippen LogP contribution in [0.2, 0.25) is 0 Å². The lowest BCUT2D eigenvalue weighted by molar-refractivity contribution is -0.908. The molecule has 0 atom stereocenters. The van der Waals surface area contributed by atoms with Crippen molar-refractivity contribution >= 4 is 40.1 Å². The number of carbonyl (C=O) groups excluding carboxylic acids is 1. The Labute approximate surface area is 190 Å². The summed E-state index contributed by atoms with van der Waals surface area (Å²) < 4.78 is 8.09. The van der Waals surface area contributed by atoms with Crippen molar-refractivity contribution < 1.29 is 14.4 Å². The summed E-state index contributed by atoms with van der Waals surface area (Å²) >= 11 is 2.86. The normalized spacial score (nSPS) is 16.9. The number of nitrogens with zero attached hydrogens (tertiary/aromatic N) is 2. The van der Waals surface area contributed by atoms with E-state index in [0.29, 0.717) is 15.7 Å². The van der Waals surface area contributed by atoms with Gasteiger partial charge in [0.1, 0.15) is 29.4 Å². The Morgan fingerprint density at radius 1 is 1.29 bits per heavy atom. The fourth-order valence-corrected chi connectivity index (χ4v) is 5.55. The lowest BCUT2D eigenvalue weighted by Crippen LogP contribution is -3.14. The smallest absolute Gasteiger partial charge is 0.269 e. The topological polar surface area (TPSA) is 76.5 Å². The van der Waals surface area contributed by atoms with Crippen LogP contribution in [0, 0.1) is 23.7 Å². The molecule has 166 valence electrons. The van der Waals surface area contributed by atoms with Gasteiger partial charge < -0.3 is 9.64 Å². The third-order valence-electron chi connectivity index (χ3n) is 5.29. The van der Waals surface area contributed by atoms with E-state index >= 15 is 0 Å². The molecule has 1 fully saturated rings. The molecular formula is C23H30N3O3S2+. The third-order valence-corrected chi connectivity index (χ3v) is 7.37. The molecule has 2 aromatic heterocycles. The molecule has 1 aliphatic rings. The molecule has 6 nitrogen and oxygen atoms in total. The molecule has 3 heterocycles. The van der Waals surface area contributed by atoms with Crippen LogP contribution >= 0.6 is 22.7 Å². The average molecular weight is 461 g/mol. The number of aryl methyl sites for hydroxylation is 1. The summed E-state index contributed by atoms with van der Waals surface area (Å²) in [7, 11) is 0.